The predicted molar refractivity (Wildman–Crippen MR) is 134 cm³/mol. The molecule has 1 aliphatic rings. The number of aromatic nitrogens is 3. The van der Waals surface area contributed by atoms with Crippen LogP contribution in [0.5, 0.6) is 0 Å². The summed E-state index contributed by atoms with van der Waals surface area (Å²) in [5.74, 6) is 0.291. The van der Waals surface area contributed by atoms with Crippen LogP contribution in [0.1, 0.15) is 51.8 Å². The van der Waals surface area contributed by atoms with Gasteiger partial charge in [0.25, 0.3) is 5.56 Å². The minimum absolute atomic E-state index is 0.0639. The third-order valence-electron chi connectivity index (χ3n) is 6.52. The molecule has 1 fully saturated rings. The first-order chi connectivity index (χ1) is 15.8. The molecule has 0 atom stereocenters. The molecule has 0 bridgehead atoms. The summed E-state index contributed by atoms with van der Waals surface area (Å²) in [6.45, 7) is 8.18. The summed E-state index contributed by atoms with van der Waals surface area (Å²) in [6, 6.07) is 15.9. The van der Waals surface area contributed by atoms with Gasteiger partial charge in [0.05, 0.1) is 22.3 Å². The van der Waals surface area contributed by atoms with Crippen LogP contribution in [0.15, 0.2) is 58.5 Å². The Morgan fingerprint density at radius 2 is 1.79 bits per heavy atom. The summed E-state index contributed by atoms with van der Waals surface area (Å²) >= 11 is 1.32. The molecule has 0 amide bonds. The molecule has 168 valence electrons. The van der Waals surface area contributed by atoms with E-state index in [2.05, 4.69) is 11.5 Å². The number of fused-ring (bicyclic) bond motifs is 1. The lowest BCUT2D eigenvalue weighted by Crippen LogP contribution is -2.22. The van der Waals surface area contributed by atoms with Crippen LogP contribution in [0.2, 0.25) is 0 Å². The van der Waals surface area contributed by atoms with Crippen molar-refractivity contribution in [2.24, 2.45) is 0 Å². The van der Waals surface area contributed by atoms with Crippen molar-refractivity contribution in [2.75, 3.05) is 5.75 Å². The van der Waals surface area contributed by atoms with Gasteiger partial charge in [0.15, 0.2) is 10.9 Å². The van der Waals surface area contributed by atoms with Gasteiger partial charge in [0.2, 0.25) is 0 Å². The molecule has 0 spiro atoms. The number of para-hydroxylation sites is 1. The fourth-order valence-corrected chi connectivity index (χ4v) is 5.36. The number of hydrogen-bond donors (Lipinski definition) is 0. The van der Waals surface area contributed by atoms with Gasteiger partial charge in [-0.1, -0.05) is 30.0 Å². The van der Waals surface area contributed by atoms with Crippen LogP contribution in [0.25, 0.3) is 16.6 Å². The highest BCUT2D eigenvalue weighted by Crippen LogP contribution is 2.38. The van der Waals surface area contributed by atoms with Crippen molar-refractivity contribution in [3.63, 3.8) is 0 Å². The van der Waals surface area contributed by atoms with Crippen molar-refractivity contribution in [1.82, 2.24) is 14.1 Å². The highest BCUT2D eigenvalue weighted by molar-refractivity contribution is 7.99. The number of ketones is 1. The Morgan fingerprint density at radius 3 is 2.52 bits per heavy atom. The normalized spacial score (nSPS) is 13.6. The number of nitrogens with zero attached hydrogens (tertiary/aromatic N) is 3. The van der Waals surface area contributed by atoms with Crippen molar-refractivity contribution < 1.29 is 4.79 Å². The molecule has 2 heterocycles. The quantitative estimate of drug-likeness (QED) is 0.211. The minimum Gasteiger partial charge on any atom is -0.345 e. The fourth-order valence-electron chi connectivity index (χ4n) is 4.46. The molecule has 0 radical (unpaired) electrons. The van der Waals surface area contributed by atoms with Crippen LogP contribution < -0.4 is 5.56 Å². The molecule has 5 rings (SSSR count). The van der Waals surface area contributed by atoms with E-state index in [1.807, 2.05) is 63.2 Å². The molecule has 0 saturated heterocycles. The SMILES string of the molecule is Cc1ccc(-n2c(SCC(=O)c3cc(C)n(C4CC4)c3C)nc3ccccc3c2=O)cc1C. The zero-order chi connectivity index (χ0) is 23.3. The second-order valence-electron chi connectivity index (χ2n) is 8.92. The van der Waals surface area contributed by atoms with Crippen molar-refractivity contribution >= 4 is 28.4 Å². The van der Waals surface area contributed by atoms with E-state index >= 15 is 0 Å². The summed E-state index contributed by atoms with van der Waals surface area (Å²) in [5.41, 5.74) is 6.51. The second kappa shape index (κ2) is 8.34. The Balaban J connectivity index is 1.53. The molecule has 0 aliphatic heterocycles. The number of rotatable bonds is 6. The Labute approximate surface area is 197 Å². The zero-order valence-electron chi connectivity index (χ0n) is 19.4. The number of carbonyl (C=O) groups is 1. The number of Topliss-reactive ketones (excluding diaryl/α,β-unsaturated/α-hetero) is 1. The number of aryl methyl sites for hydroxylation is 3. The van der Waals surface area contributed by atoms with Crippen molar-refractivity contribution in [2.45, 2.75) is 51.7 Å². The summed E-state index contributed by atoms with van der Waals surface area (Å²) in [7, 11) is 0. The molecule has 2 aromatic carbocycles. The highest BCUT2D eigenvalue weighted by atomic mass is 32.2. The summed E-state index contributed by atoms with van der Waals surface area (Å²) in [5, 5.41) is 1.10. The maximum atomic E-state index is 13.5. The fraction of sp³-hybridized carbons (Fsp3) is 0.296. The van der Waals surface area contributed by atoms with E-state index in [1.165, 1.54) is 24.6 Å². The van der Waals surface area contributed by atoms with E-state index in [4.69, 9.17) is 4.98 Å². The van der Waals surface area contributed by atoms with Gasteiger partial charge < -0.3 is 4.57 Å². The maximum absolute atomic E-state index is 13.5. The van der Waals surface area contributed by atoms with Crippen LogP contribution >= 0.6 is 11.8 Å². The number of carbonyl (C=O) groups excluding carboxylic acids is 1. The van der Waals surface area contributed by atoms with Gasteiger partial charge in [-0.15, -0.1) is 0 Å². The topological polar surface area (TPSA) is 56.9 Å². The van der Waals surface area contributed by atoms with E-state index in [0.717, 1.165) is 33.8 Å². The maximum Gasteiger partial charge on any atom is 0.266 e. The Bertz CT molecular complexity index is 1460. The van der Waals surface area contributed by atoms with Gasteiger partial charge in [-0.2, -0.15) is 0 Å². The van der Waals surface area contributed by atoms with E-state index in [1.54, 1.807) is 10.6 Å². The van der Waals surface area contributed by atoms with Crippen LogP contribution in [0.3, 0.4) is 0 Å². The van der Waals surface area contributed by atoms with Gasteiger partial charge in [0.1, 0.15) is 0 Å². The van der Waals surface area contributed by atoms with E-state index in [0.29, 0.717) is 22.1 Å². The van der Waals surface area contributed by atoms with Gasteiger partial charge in [-0.25, -0.2) is 4.98 Å². The molecular formula is C27H27N3O2S. The zero-order valence-corrected chi connectivity index (χ0v) is 20.2. The molecular weight excluding hydrogens is 430 g/mol. The van der Waals surface area contributed by atoms with Gasteiger partial charge >= 0.3 is 0 Å². The first-order valence-corrected chi connectivity index (χ1v) is 12.3. The first-order valence-electron chi connectivity index (χ1n) is 11.3. The van der Waals surface area contributed by atoms with Gasteiger partial charge in [-0.05, 0) is 82.0 Å². The molecule has 1 saturated carbocycles. The lowest BCUT2D eigenvalue weighted by Gasteiger charge is -2.14. The van der Waals surface area contributed by atoms with Crippen molar-refractivity contribution in [3.05, 3.63) is 87.0 Å². The van der Waals surface area contributed by atoms with Crippen LogP contribution in [0.4, 0.5) is 0 Å². The Morgan fingerprint density at radius 1 is 1.03 bits per heavy atom. The summed E-state index contributed by atoms with van der Waals surface area (Å²) in [6.07, 6.45) is 2.37. The Hall–Kier alpha value is -3.12. The molecule has 1 aliphatic carbocycles. The van der Waals surface area contributed by atoms with Crippen LogP contribution in [-0.4, -0.2) is 25.7 Å². The number of benzene rings is 2. The molecule has 5 nitrogen and oxygen atoms in total. The summed E-state index contributed by atoms with van der Waals surface area (Å²) < 4.78 is 3.93. The third-order valence-corrected chi connectivity index (χ3v) is 7.46. The minimum atomic E-state index is -0.120. The standard InChI is InChI=1S/C27H27N3O2S/c1-16-9-10-21(13-17(16)2)30-26(32)22-7-5-6-8-24(22)28-27(30)33-15-25(31)23-14-18(3)29(19(23)4)20-11-12-20/h5-10,13-14,20H,11-12,15H2,1-4H3. The largest absolute Gasteiger partial charge is 0.345 e. The lowest BCUT2D eigenvalue weighted by atomic mass is 10.1. The molecule has 0 unspecified atom stereocenters. The first kappa shape index (κ1) is 21.7. The number of hydrogen-bond acceptors (Lipinski definition) is 4. The average molecular weight is 458 g/mol. The van der Waals surface area contributed by atoms with E-state index < -0.39 is 0 Å². The molecule has 0 N–H and O–H groups in total. The average Bonchev–Trinajstić information content (AvgIpc) is 3.58. The Kier molecular flexibility index (Phi) is 5.49. The molecule has 4 aromatic rings. The van der Waals surface area contributed by atoms with Crippen LogP contribution in [0, 0.1) is 27.7 Å². The van der Waals surface area contributed by atoms with Gasteiger partial charge in [-0.3, -0.25) is 14.2 Å². The smallest absolute Gasteiger partial charge is 0.266 e. The van der Waals surface area contributed by atoms with Crippen molar-refractivity contribution in [3.8, 4) is 5.69 Å². The molecule has 33 heavy (non-hydrogen) atoms. The highest BCUT2D eigenvalue weighted by Gasteiger charge is 2.28. The lowest BCUT2D eigenvalue weighted by molar-refractivity contribution is 0.102. The van der Waals surface area contributed by atoms with E-state index in [9.17, 15) is 9.59 Å². The number of thioether (sulfide) groups is 1. The van der Waals surface area contributed by atoms with Gasteiger partial charge in [0, 0.05) is 23.0 Å². The summed E-state index contributed by atoms with van der Waals surface area (Å²) in [4.78, 5) is 31.4. The van der Waals surface area contributed by atoms with Crippen LogP contribution in [-0.2, 0) is 0 Å². The second-order valence-corrected chi connectivity index (χ2v) is 9.86. The molecule has 6 heteroatoms. The van der Waals surface area contributed by atoms with E-state index in [-0.39, 0.29) is 17.1 Å². The monoisotopic (exact) mass is 457 g/mol. The molecule has 2 aromatic heterocycles. The predicted octanol–water partition coefficient (Wildman–Crippen LogP) is 5.73. The third kappa shape index (κ3) is 3.93. The van der Waals surface area contributed by atoms with Crippen molar-refractivity contribution in [1.29, 1.82) is 0 Å².